The van der Waals surface area contributed by atoms with Crippen LogP contribution < -0.4 is 5.56 Å². The fraction of sp³-hybridized carbons (Fsp3) is 0.471. The third-order valence-corrected chi connectivity index (χ3v) is 3.64. The number of rotatable bonds is 5. The van der Waals surface area contributed by atoms with E-state index in [2.05, 4.69) is 57.1 Å². The molecule has 1 heterocycles. The number of aromatic nitrogens is 2. The van der Waals surface area contributed by atoms with Crippen molar-refractivity contribution >= 4 is 0 Å². The zero-order valence-corrected chi connectivity index (χ0v) is 12.9. The minimum atomic E-state index is 0.129. The Hall–Kier alpha value is -1.77. The molecule has 1 N–H and O–H groups in total. The lowest BCUT2D eigenvalue weighted by molar-refractivity contribution is 0.556. The zero-order chi connectivity index (χ0) is 14.7. The van der Waals surface area contributed by atoms with Crippen molar-refractivity contribution in [3.05, 3.63) is 45.7 Å². The van der Waals surface area contributed by atoms with Gasteiger partial charge in [0.1, 0.15) is 0 Å². The Kier molecular flexibility index (Phi) is 4.48. The van der Waals surface area contributed by atoms with Gasteiger partial charge in [0, 0.05) is 12.1 Å². The summed E-state index contributed by atoms with van der Waals surface area (Å²) in [6, 6.07) is 8.33. The molecule has 0 atom stereocenters. The second-order valence-corrected chi connectivity index (χ2v) is 5.73. The summed E-state index contributed by atoms with van der Waals surface area (Å²) in [5, 5.41) is 3.31. The number of nitrogens with one attached hydrogen (secondary N) is 1. The molecule has 0 fully saturated rings. The number of unbranched alkanes of at least 4 members (excludes halogenated alkanes) is 1. The van der Waals surface area contributed by atoms with Gasteiger partial charge >= 0.3 is 0 Å². The Bertz CT molecular complexity index is 617. The summed E-state index contributed by atoms with van der Waals surface area (Å²) in [7, 11) is 0. The van der Waals surface area contributed by atoms with Crippen molar-refractivity contribution in [2.75, 3.05) is 0 Å². The molecular weight excluding hydrogens is 248 g/mol. The van der Waals surface area contributed by atoms with Gasteiger partial charge in [0.2, 0.25) is 0 Å². The lowest BCUT2D eigenvalue weighted by Gasteiger charge is -2.05. The lowest BCUT2D eigenvalue weighted by Crippen LogP contribution is -2.19. The van der Waals surface area contributed by atoms with Crippen LogP contribution in [0.3, 0.4) is 0 Å². The van der Waals surface area contributed by atoms with E-state index in [-0.39, 0.29) is 11.5 Å². The van der Waals surface area contributed by atoms with Crippen LogP contribution in [0.2, 0.25) is 0 Å². The molecule has 3 heteroatoms. The molecule has 0 radical (unpaired) electrons. The van der Waals surface area contributed by atoms with Crippen LogP contribution >= 0.6 is 0 Å². The average Bonchev–Trinajstić information content (AvgIpc) is 2.74. The van der Waals surface area contributed by atoms with E-state index in [0.29, 0.717) is 0 Å². The van der Waals surface area contributed by atoms with Gasteiger partial charge in [-0.3, -0.25) is 14.6 Å². The molecule has 108 valence electrons. The van der Waals surface area contributed by atoms with Crippen LogP contribution in [-0.4, -0.2) is 9.78 Å². The van der Waals surface area contributed by atoms with E-state index >= 15 is 0 Å². The van der Waals surface area contributed by atoms with Gasteiger partial charge in [-0.15, -0.1) is 0 Å². The number of aromatic amines is 1. The Labute approximate surface area is 120 Å². The minimum absolute atomic E-state index is 0.129. The van der Waals surface area contributed by atoms with Crippen molar-refractivity contribution in [2.24, 2.45) is 0 Å². The van der Waals surface area contributed by atoms with E-state index < -0.39 is 0 Å². The van der Waals surface area contributed by atoms with Gasteiger partial charge in [-0.05, 0) is 24.8 Å². The summed E-state index contributed by atoms with van der Waals surface area (Å²) in [5.41, 5.74) is 4.31. The van der Waals surface area contributed by atoms with Crippen molar-refractivity contribution in [1.82, 2.24) is 9.78 Å². The predicted octanol–water partition coefficient (Wildman–Crippen LogP) is 4.08. The number of hydrogen-bond donors (Lipinski definition) is 1. The summed E-state index contributed by atoms with van der Waals surface area (Å²) < 4.78 is 1.76. The van der Waals surface area contributed by atoms with Crippen molar-refractivity contribution in [2.45, 2.75) is 53.0 Å². The van der Waals surface area contributed by atoms with Gasteiger partial charge < -0.3 is 0 Å². The summed E-state index contributed by atoms with van der Waals surface area (Å²) >= 11 is 0. The molecule has 2 rings (SSSR count). The van der Waals surface area contributed by atoms with E-state index in [1.165, 1.54) is 5.56 Å². The Balaban J connectivity index is 2.51. The first kappa shape index (κ1) is 14.6. The number of H-pyrrole nitrogens is 1. The van der Waals surface area contributed by atoms with Gasteiger partial charge in [-0.2, -0.15) is 0 Å². The third-order valence-electron chi connectivity index (χ3n) is 3.64. The van der Waals surface area contributed by atoms with Crippen molar-refractivity contribution in [3.8, 4) is 11.3 Å². The maximum Gasteiger partial charge on any atom is 0.270 e. The first-order chi connectivity index (χ1) is 9.54. The highest BCUT2D eigenvalue weighted by Crippen LogP contribution is 2.25. The quantitative estimate of drug-likeness (QED) is 0.875. The van der Waals surface area contributed by atoms with E-state index in [0.717, 1.165) is 36.2 Å². The SMILES string of the molecule is CCCCn1[nH]c(-c2ccc(C)cc2)c(C(C)C)c1=O. The van der Waals surface area contributed by atoms with E-state index in [1.54, 1.807) is 4.68 Å². The number of hydrogen-bond acceptors (Lipinski definition) is 1. The van der Waals surface area contributed by atoms with Crippen molar-refractivity contribution in [1.29, 1.82) is 0 Å². The molecule has 0 saturated carbocycles. The topological polar surface area (TPSA) is 37.8 Å². The van der Waals surface area contributed by atoms with Gasteiger partial charge in [0.25, 0.3) is 5.56 Å². The Morgan fingerprint density at radius 3 is 2.40 bits per heavy atom. The maximum absolute atomic E-state index is 12.5. The summed E-state index contributed by atoms with van der Waals surface area (Å²) in [6.45, 7) is 9.13. The molecule has 0 spiro atoms. The number of aryl methyl sites for hydroxylation is 2. The summed E-state index contributed by atoms with van der Waals surface area (Å²) in [4.78, 5) is 12.5. The second kappa shape index (κ2) is 6.12. The van der Waals surface area contributed by atoms with Crippen molar-refractivity contribution in [3.63, 3.8) is 0 Å². The lowest BCUT2D eigenvalue weighted by atomic mass is 9.99. The highest BCUT2D eigenvalue weighted by molar-refractivity contribution is 5.63. The number of benzene rings is 1. The number of nitrogens with zero attached hydrogens (tertiary/aromatic N) is 1. The molecule has 0 saturated heterocycles. The zero-order valence-electron chi connectivity index (χ0n) is 12.9. The summed E-state index contributed by atoms with van der Waals surface area (Å²) in [6.07, 6.45) is 2.10. The molecule has 0 aliphatic rings. The molecule has 0 amide bonds. The molecule has 1 aromatic heterocycles. The van der Waals surface area contributed by atoms with Crippen molar-refractivity contribution < 1.29 is 0 Å². The van der Waals surface area contributed by atoms with Gasteiger partial charge in [-0.1, -0.05) is 57.0 Å². The molecule has 1 aromatic carbocycles. The van der Waals surface area contributed by atoms with E-state index in [1.807, 2.05) is 0 Å². The third kappa shape index (κ3) is 2.87. The largest absolute Gasteiger partial charge is 0.295 e. The standard InChI is InChI=1S/C17H24N2O/c1-5-6-11-19-17(20)15(12(2)3)16(18-19)14-9-7-13(4)8-10-14/h7-10,12,18H,5-6,11H2,1-4H3. The van der Waals surface area contributed by atoms with E-state index in [4.69, 9.17) is 0 Å². The molecular formula is C17H24N2O. The van der Waals surface area contributed by atoms with Gasteiger partial charge in [0.05, 0.1) is 5.69 Å². The Morgan fingerprint density at radius 2 is 1.85 bits per heavy atom. The molecule has 2 aromatic rings. The molecule has 0 aliphatic carbocycles. The van der Waals surface area contributed by atoms with Crippen LogP contribution in [0.5, 0.6) is 0 Å². The minimum Gasteiger partial charge on any atom is -0.295 e. The summed E-state index contributed by atoms with van der Waals surface area (Å²) in [5.74, 6) is 0.220. The van der Waals surface area contributed by atoms with Gasteiger partial charge in [-0.25, -0.2) is 0 Å². The van der Waals surface area contributed by atoms with E-state index in [9.17, 15) is 4.79 Å². The molecule has 0 bridgehead atoms. The highest BCUT2D eigenvalue weighted by atomic mass is 16.1. The maximum atomic E-state index is 12.5. The first-order valence-electron chi connectivity index (χ1n) is 7.44. The molecule has 0 unspecified atom stereocenters. The van der Waals surface area contributed by atoms with Crippen LogP contribution in [0.1, 0.15) is 50.7 Å². The molecule has 3 nitrogen and oxygen atoms in total. The van der Waals surface area contributed by atoms with Crippen LogP contribution in [0.15, 0.2) is 29.1 Å². The first-order valence-corrected chi connectivity index (χ1v) is 7.44. The van der Waals surface area contributed by atoms with Crippen LogP contribution in [-0.2, 0) is 6.54 Å². The molecule has 20 heavy (non-hydrogen) atoms. The Morgan fingerprint density at radius 1 is 1.20 bits per heavy atom. The van der Waals surface area contributed by atoms with Crippen LogP contribution in [0, 0.1) is 6.92 Å². The van der Waals surface area contributed by atoms with Crippen LogP contribution in [0.4, 0.5) is 0 Å². The second-order valence-electron chi connectivity index (χ2n) is 5.73. The van der Waals surface area contributed by atoms with Crippen LogP contribution in [0.25, 0.3) is 11.3 Å². The molecule has 0 aliphatic heterocycles. The fourth-order valence-electron chi connectivity index (χ4n) is 2.45. The predicted molar refractivity (Wildman–Crippen MR) is 84.2 cm³/mol. The monoisotopic (exact) mass is 272 g/mol. The highest BCUT2D eigenvalue weighted by Gasteiger charge is 2.18. The van der Waals surface area contributed by atoms with Gasteiger partial charge in [0.15, 0.2) is 0 Å². The average molecular weight is 272 g/mol. The smallest absolute Gasteiger partial charge is 0.270 e. The fourth-order valence-corrected chi connectivity index (χ4v) is 2.45. The normalized spacial score (nSPS) is 11.2.